The number of morpholine rings is 1. The second-order valence-corrected chi connectivity index (χ2v) is 6.37. The molecular formula is C16H19N7O2. The zero-order valence-electron chi connectivity index (χ0n) is 13.7. The maximum atomic E-state index is 6.12. The van der Waals surface area contributed by atoms with Crippen molar-refractivity contribution >= 4 is 17.4 Å². The van der Waals surface area contributed by atoms with Gasteiger partial charge in [-0.3, -0.25) is 4.90 Å². The smallest absolute Gasteiger partial charge is 0.225 e. The summed E-state index contributed by atoms with van der Waals surface area (Å²) in [5, 5.41) is 4.38. The van der Waals surface area contributed by atoms with Crippen LogP contribution < -0.4 is 10.6 Å². The number of ether oxygens (including phenoxy) is 1. The van der Waals surface area contributed by atoms with Crippen LogP contribution in [-0.4, -0.2) is 69.9 Å². The van der Waals surface area contributed by atoms with Crippen LogP contribution in [0.3, 0.4) is 0 Å². The maximum Gasteiger partial charge on any atom is 0.225 e. The van der Waals surface area contributed by atoms with Gasteiger partial charge in [0.25, 0.3) is 0 Å². The van der Waals surface area contributed by atoms with E-state index in [4.69, 9.17) is 14.9 Å². The van der Waals surface area contributed by atoms with Crippen LogP contribution in [0.5, 0.6) is 0 Å². The Bertz CT molecular complexity index is 891. The van der Waals surface area contributed by atoms with Gasteiger partial charge in [-0.1, -0.05) is 0 Å². The number of rotatable bonds is 2. The number of anilines is 2. The molecule has 2 saturated heterocycles. The standard InChI is InChI=1S/C16H19N7O2/c17-16-19-13(22-4-3-21-5-7-24-10-11(21)9-22)8-14-18-15(20-23(14)16)12-2-1-6-25-12/h1-2,6,8,11H,3-5,7,9-10H2,(H2,17,19)/t11-/m1/s1. The van der Waals surface area contributed by atoms with Crippen molar-refractivity contribution in [3.63, 3.8) is 0 Å². The molecule has 2 aliphatic heterocycles. The average Bonchev–Trinajstić information content (AvgIpc) is 3.30. The van der Waals surface area contributed by atoms with E-state index < -0.39 is 0 Å². The van der Waals surface area contributed by atoms with Gasteiger partial charge in [-0.2, -0.15) is 9.50 Å². The number of hydrogen-bond donors (Lipinski definition) is 1. The Hall–Kier alpha value is -2.65. The fraction of sp³-hybridized carbons (Fsp3) is 0.438. The molecule has 9 heteroatoms. The van der Waals surface area contributed by atoms with Crippen molar-refractivity contribution in [1.29, 1.82) is 0 Å². The summed E-state index contributed by atoms with van der Waals surface area (Å²) in [5.41, 5.74) is 6.78. The summed E-state index contributed by atoms with van der Waals surface area (Å²) in [4.78, 5) is 13.8. The quantitative estimate of drug-likeness (QED) is 0.719. The Balaban J connectivity index is 1.47. The highest BCUT2D eigenvalue weighted by atomic mass is 16.5. The molecule has 1 atom stereocenters. The molecule has 130 valence electrons. The highest BCUT2D eigenvalue weighted by Crippen LogP contribution is 2.23. The number of nitrogens with zero attached hydrogens (tertiary/aromatic N) is 6. The Morgan fingerprint density at radius 2 is 2.16 bits per heavy atom. The second-order valence-electron chi connectivity index (χ2n) is 6.37. The molecule has 9 nitrogen and oxygen atoms in total. The summed E-state index contributed by atoms with van der Waals surface area (Å²) in [5.74, 6) is 2.26. The monoisotopic (exact) mass is 341 g/mol. The van der Waals surface area contributed by atoms with E-state index in [2.05, 4.69) is 24.9 Å². The van der Waals surface area contributed by atoms with Crippen molar-refractivity contribution in [2.24, 2.45) is 0 Å². The second kappa shape index (κ2) is 5.71. The van der Waals surface area contributed by atoms with Gasteiger partial charge in [-0.25, -0.2) is 4.98 Å². The summed E-state index contributed by atoms with van der Waals surface area (Å²) in [6.07, 6.45) is 1.60. The number of nitrogen functional groups attached to an aromatic ring is 1. The third-order valence-corrected chi connectivity index (χ3v) is 4.84. The molecule has 0 amide bonds. The molecule has 0 saturated carbocycles. The summed E-state index contributed by atoms with van der Waals surface area (Å²) in [7, 11) is 0. The van der Waals surface area contributed by atoms with Gasteiger partial charge in [0.2, 0.25) is 11.8 Å². The molecular weight excluding hydrogens is 322 g/mol. The maximum absolute atomic E-state index is 6.12. The topological polar surface area (TPSA) is 98.0 Å². The van der Waals surface area contributed by atoms with Crippen molar-refractivity contribution < 1.29 is 9.15 Å². The van der Waals surface area contributed by atoms with E-state index in [9.17, 15) is 0 Å². The van der Waals surface area contributed by atoms with Gasteiger partial charge >= 0.3 is 0 Å². The van der Waals surface area contributed by atoms with Gasteiger partial charge < -0.3 is 19.8 Å². The lowest BCUT2D eigenvalue weighted by Gasteiger charge is -2.44. The van der Waals surface area contributed by atoms with E-state index in [1.807, 2.05) is 12.1 Å². The first-order valence-corrected chi connectivity index (χ1v) is 8.42. The first-order chi connectivity index (χ1) is 12.3. The third kappa shape index (κ3) is 2.52. The summed E-state index contributed by atoms with van der Waals surface area (Å²) in [6, 6.07) is 5.95. The molecule has 5 rings (SSSR count). The van der Waals surface area contributed by atoms with E-state index >= 15 is 0 Å². The van der Waals surface area contributed by atoms with Gasteiger partial charge in [0.05, 0.1) is 25.5 Å². The number of hydrogen-bond acceptors (Lipinski definition) is 8. The number of aromatic nitrogens is 4. The molecule has 25 heavy (non-hydrogen) atoms. The molecule has 2 aliphatic rings. The number of furan rings is 1. The van der Waals surface area contributed by atoms with Crippen molar-refractivity contribution in [2.75, 3.05) is 50.0 Å². The summed E-state index contributed by atoms with van der Waals surface area (Å²) >= 11 is 0. The SMILES string of the molecule is Nc1nc(N2CCN3CCOC[C@H]3C2)cc2nc(-c3ccco3)nn12. The van der Waals surface area contributed by atoms with Gasteiger partial charge in [0.1, 0.15) is 5.82 Å². The normalized spacial score (nSPS) is 21.6. The lowest BCUT2D eigenvalue weighted by molar-refractivity contribution is -0.0117. The first-order valence-electron chi connectivity index (χ1n) is 8.42. The first kappa shape index (κ1) is 14.7. The number of nitrogens with two attached hydrogens (primary N) is 1. The van der Waals surface area contributed by atoms with Crippen molar-refractivity contribution in [1.82, 2.24) is 24.5 Å². The van der Waals surface area contributed by atoms with Crippen LogP contribution in [0.15, 0.2) is 28.9 Å². The number of fused-ring (bicyclic) bond motifs is 2. The van der Waals surface area contributed by atoms with Crippen molar-refractivity contribution in [3.05, 3.63) is 24.5 Å². The minimum Gasteiger partial charge on any atom is -0.461 e. The van der Waals surface area contributed by atoms with Crippen LogP contribution in [0.25, 0.3) is 17.2 Å². The van der Waals surface area contributed by atoms with Crippen molar-refractivity contribution in [3.8, 4) is 11.6 Å². The van der Waals surface area contributed by atoms with Crippen LogP contribution in [0, 0.1) is 0 Å². The van der Waals surface area contributed by atoms with E-state index in [-0.39, 0.29) is 0 Å². The van der Waals surface area contributed by atoms with Crippen LogP contribution in [0.2, 0.25) is 0 Å². The van der Waals surface area contributed by atoms with E-state index in [0.717, 1.165) is 45.2 Å². The van der Waals surface area contributed by atoms with Crippen LogP contribution in [0.1, 0.15) is 0 Å². The molecule has 3 aromatic rings. The third-order valence-electron chi connectivity index (χ3n) is 4.84. The molecule has 0 aromatic carbocycles. The predicted molar refractivity (Wildman–Crippen MR) is 91.3 cm³/mol. The molecule has 2 fully saturated rings. The molecule has 0 bridgehead atoms. The molecule has 5 heterocycles. The summed E-state index contributed by atoms with van der Waals surface area (Å²) < 4.78 is 12.5. The molecule has 0 unspecified atom stereocenters. The zero-order valence-corrected chi connectivity index (χ0v) is 13.7. The van der Waals surface area contributed by atoms with Gasteiger partial charge in [-0.15, -0.1) is 5.10 Å². The Labute approximate surface area is 144 Å². The van der Waals surface area contributed by atoms with Gasteiger partial charge in [-0.05, 0) is 12.1 Å². The fourth-order valence-electron chi connectivity index (χ4n) is 3.53. The van der Waals surface area contributed by atoms with E-state index in [1.54, 1.807) is 16.8 Å². The lowest BCUT2D eigenvalue weighted by atomic mass is 10.1. The highest BCUT2D eigenvalue weighted by molar-refractivity contribution is 5.59. The molecule has 0 radical (unpaired) electrons. The van der Waals surface area contributed by atoms with Gasteiger partial charge in [0.15, 0.2) is 11.4 Å². The van der Waals surface area contributed by atoms with E-state index in [1.165, 1.54) is 0 Å². The fourth-order valence-corrected chi connectivity index (χ4v) is 3.53. The highest BCUT2D eigenvalue weighted by Gasteiger charge is 2.30. The zero-order chi connectivity index (χ0) is 16.8. The van der Waals surface area contributed by atoms with Gasteiger partial charge in [0, 0.05) is 32.2 Å². The molecule has 0 spiro atoms. The van der Waals surface area contributed by atoms with Crippen molar-refractivity contribution in [2.45, 2.75) is 6.04 Å². The minimum absolute atomic E-state index is 0.320. The molecule has 0 aliphatic carbocycles. The van der Waals surface area contributed by atoms with E-state index in [0.29, 0.717) is 29.2 Å². The predicted octanol–water partition coefficient (Wildman–Crippen LogP) is 0.487. The van der Waals surface area contributed by atoms with Crippen LogP contribution in [-0.2, 0) is 4.74 Å². The Kier molecular flexibility index (Phi) is 3.35. The molecule has 3 aromatic heterocycles. The average molecular weight is 341 g/mol. The lowest BCUT2D eigenvalue weighted by Crippen LogP contribution is -2.58. The summed E-state index contributed by atoms with van der Waals surface area (Å²) in [6.45, 7) is 5.39. The largest absolute Gasteiger partial charge is 0.461 e. The Morgan fingerprint density at radius 1 is 1.20 bits per heavy atom. The van der Waals surface area contributed by atoms with Crippen LogP contribution in [0.4, 0.5) is 11.8 Å². The Morgan fingerprint density at radius 3 is 3.04 bits per heavy atom. The minimum atomic E-state index is 0.320. The number of piperazine rings is 1. The van der Waals surface area contributed by atoms with Crippen LogP contribution >= 0.6 is 0 Å². The molecule has 2 N–H and O–H groups in total.